The van der Waals surface area contributed by atoms with E-state index in [1.807, 2.05) is 6.92 Å². The first-order valence-corrected chi connectivity index (χ1v) is 6.99. The van der Waals surface area contributed by atoms with Crippen molar-refractivity contribution in [3.8, 4) is 0 Å². The number of hydrogen-bond donors (Lipinski definition) is 0. The van der Waals surface area contributed by atoms with Crippen molar-refractivity contribution in [2.24, 2.45) is 0 Å². The monoisotopic (exact) mass is 462 g/mol. The lowest BCUT2D eigenvalue weighted by atomic mass is 10.1. The molecule has 0 atom stereocenters. The first-order valence-electron chi connectivity index (χ1n) is 3.82. The number of carbonyl (C=O) groups is 1. The van der Waals surface area contributed by atoms with Gasteiger partial charge in [0.05, 0.1) is 12.7 Å². The van der Waals surface area contributed by atoms with Gasteiger partial charge in [-0.3, -0.25) is 0 Å². The molecule has 0 aromatic heterocycles. The zero-order valence-corrected chi connectivity index (χ0v) is 14.2. The smallest absolute Gasteiger partial charge is 0.339 e. The van der Waals surface area contributed by atoms with Crippen molar-refractivity contribution in [1.82, 2.24) is 0 Å². The summed E-state index contributed by atoms with van der Waals surface area (Å²) >= 11 is 13.6. The molecule has 1 aromatic rings. The SMILES string of the molecule is COC(=O)c1c(C)c(Br)c(Br)c(Br)c1Br. The average Bonchev–Trinajstić information content (AvgIpc) is 2.23. The molecule has 0 aliphatic carbocycles. The molecule has 0 spiro atoms. The minimum atomic E-state index is -0.367. The number of carbonyl (C=O) groups excluding carboxylic acids is 1. The number of benzene rings is 1. The highest BCUT2D eigenvalue weighted by molar-refractivity contribution is 9.15. The van der Waals surface area contributed by atoms with E-state index in [4.69, 9.17) is 4.74 Å². The van der Waals surface area contributed by atoms with Gasteiger partial charge < -0.3 is 4.74 Å². The Morgan fingerprint density at radius 3 is 1.93 bits per heavy atom. The second-order valence-electron chi connectivity index (χ2n) is 2.75. The van der Waals surface area contributed by atoms with Crippen molar-refractivity contribution in [2.45, 2.75) is 6.92 Å². The number of methoxy groups -OCH3 is 1. The van der Waals surface area contributed by atoms with Gasteiger partial charge in [0.15, 0.2) is 0 Å². The highest BCUT2D eigenvalue weighted by Gasteiger charge is 2.21. The van der Waals surface area contributed by atoms with E-state index >= 15 is 0 Å². The molecule has 0 aliphatic rings. The van der Waals surface area contributed by atoms with Gasteiger partial charge in [-0.25, -0.2) is 4.79 Å². The lowest BCUT2D eigenvalue weighted by Crippen LogP contribution is -2.06. The Morgan fingerprint density at radius 1 is 1.00 bits per heavy atom. The van der Waals surface area contributed by atoms with Crippen LogP contribution in [0, 0.1) is 6.92 Å². The van der Waals surface area contributed by atoms with E-state index in [0.29, 0.717) is 10.0 Å². The van der Waals surface area contributed by atoms with E-state index in [9.17, 15) is 4.79 Å². The maximum atomic E-state index is 11.6. The molecule has 0 saturated carbocycles. The summed E-state index contributed by atoms with van der Waals surface area (Å²) in [6, 6.07) is 0. The molecule has 1 aromatic carbocycles. The Morgan fingerprint density at radius 2 is 1.47 bits per heavy atom. The van der Waals surface area contributed by atoms with Crippen molar-refractivity contribution in [2.75, 3.05) is 7.11 Å². The molecule has 15 heavy (non-hydrogen) atoms. The Labute approximate surface area is 121 Å². The quantitative estimate of drug-likeness (QED) is 0.337. The van der Waals surface area contributed by atoms with Gasteiger partial charge in [-0.1, -0.05) is 0 Å². The van der Waals surface area contributed by atoms with Gasteiger partial charge >= 0.3 is 5.97 Å². The molecular formula is C9H6Br4O2. The predicted octanol–water partition coefficient (Wildman–Crippen LogP) is 4.83. The molecule has 0 unspecified atom stereocenters. The topological polar surface area (TPSA) is 26.3 Å². The standard InChI is InChI=1S/C9H6Br4O2/c1-3-4(9(14)15-2)6(11)8(13)7(12)5(3)10/h1-2H3. The maximum absolute atomic E-state index is 11.6. The van der Waals surface area contributed by atoms with Crippen molar-refractivity contribution in [3.63, 3.8) is 0 Å². The molecule has 0 radical (unpaired) electrons. The fourth-order valence-corrected chi connectivity index (χ4v) is 3.56. The van der Waals surface area contributed by atoms with E-state index < -0.39 is 0 Å². The Balaban J connectivity index is 3.60. The Hall–Kier alpha value is 0.610. The number of rotatable bonds is 1. The third kappa shape index (κ3) is 2.48. The summed E-state index contributed by atoms with van der Waals surface area (Å²) in [6.45, 7) is 1.85. The lowest BCUT2D eigenvalue weighted by Gasteiger charge is -2.12. The van der Waals surface area contributed by atoms with Crippen LogP contribution in [0.1, 0.15) is 15.9 Å². The third-order valence-corrected chi connectivity index (χ3v) is 6.86. The molecule has 0 fully saturated rings. The van der Waals surface area contributed by atoms with Crippen LogP contribution in [-0.2, 0) is 4.74 Å². The van der Waals surface area contributed by atoms with E-state index in [-0.39, 0.29) is 5.97 Å². The molecular weight excluding hydrogens is 460 g/mol. The summed E-state index contributed by atoms with van der Waals surface area (Å²) in [5, 5.41) is 0. The van der Waals surface area contributed by atoms with Crippen LogP contribution in [0.2, 0.25) is 0 Å². The summed E-state index contributed by atoms with van der Waals surface area (Å²) in [5.41, 5.74) is 1.34. The van der Waals surface area contributed by atoms with Crippen molar-refractivity contribution in [3.05, 3.63) is 29.0 Å². The maximum Gasteiger partial charge on any atom is 0.339 e. The summed E-state index contributed by atoms with van der Waals surface area (Å²) in [4.78, 5) is 11.6. The van der Waals surface area contributed by atoms with Gasteiger partial charge in [0, 0.05) is 17.9 Å². The van der Waals surface area contributed by atoms with Crippen LogP contribution >= 0.6 is 63.7 Å². The van der Waals surface area contributed by atoms with Gasteiger partial charge in [-0.2, -0.15) is 0 Å². The van der Waals surface area contributed by atoms with Crippen LogP contribution in [0.15, 0.2) is 17.9 Å². The molecule has 2 nitrogen and oxygen atoms in total. The lowest BCUT2D eigenvalue weighted by molar-refractivity contribution is 0.0598. The molecule has 0 heterocycles. The first kappa shape index (κ1) is 13.7. The van der Waals surface area contributed by atoms with Gasteiger partial charge in [-0.05, 0) is 76.2 Å². The normalized spacial score (nSPS) is 10.3. The zero-order valence-electron chi connectivity index (χ0n) is 7.83. The van der Waals surface area contributed by atoms with Crippen molar-refractivity contribution < 1.29 is 9.53 Å². The summed E-state index contributed by atoms with van der Waals surface area (Å²) in [7, 11) is 1.36. The van der Waals surface area contributed by atoms with E-state index in [1.54, 1.807) is 0 Å². The third-order valence-electron chi connectivity index (χ3n) is 1.89. The van der Waals surface area contributed by atoms with E-state index in [0.717, 1.165) is 19.0 Å². The molecule has 1 rings (SSSR count). The van der Waals surface area contributed by atoms with Crippen LogP contribution in [0.3, 0.4) is 0 Å². The summed E-state index contributed by atoms with van der Waals surface area (Å²) in [6.07, 6.45) is 0. The van der Waals surface area contributed by atoms with E-state index in [1.165, 1.54) is 7.11 Å². The van der Waals surface area contributed by atoms with Crippen molar-refractivity contribution >= 4 is 69.7 Å². The molecule has 0 saturated heterocycles. The molecule has 0 bridgehead atoms. The number of hydrogen-bond acceptors (Lipinski definition) is 2. The van der Waals surface area contributed by atoms with Gasteiger partial charge in [0.25, 0.3) is 0 Å². The Bertz CT molecular complexity index is 400. The molecule has 0 N–H and O–H groups in total. The van der Waals surface area contributed by atoms with Gasteiger partial charge in [-0.15, -0.1) is 0 Å². The molecule has 0 aliphatic heterocycles. The van der Waals surface area contributed by atoms with Gasteiger partial charge in [0.2, 0.25) is 0 Å². The van der Waals surface area contributed by atoms with Crippen LogP contribution in [0.4, 0.5) is 0 Å². The second-order valence-corrected chi connectivity index (χ2v) is 5.92. The highest BCUT2D eigenvalue weighted by atomic mass is 79.9. The number of ether oxygens (including phenoxy) is 1. The summed E-state index contributed by atoms with van der Waals surface area (Å²) in [5.74, 6) is -0.367. The summed E-state index contributed by atoms with van der Waals surface area (Å²) < 4.78 is 7.87. The fraction of sp³-hybridized carbons (Fsp3) is 0.222. The number of esters is 1. The van der Waals surface area contributed by atoms with Crippen LogP contribution in [0.5, 0.6) is 0 Å². The largest absolute Gasteiger partial charge is 0.465 e. The molecule has 82 valence electrons. The predicted molar refractivity (Wildman–Crippen MR) is 73.3 cm³/mol. The Kier molecular flexibility index (Phi) is 4.83. The van der Waals surface area contributed by atoms with Crippen LogP contribution < -0.4 is 0 Å². The number of halogens is 4. The van der Waals surface area contributed by atoms with Crippen LogP contribution in [0.25, 0.3) is 0 Å². The minimum Gasteiger partial charge on any atom is -0.465 e. The molecule has 0 amide bonds. The van der Waals surface area contributed by atoms with Gasteiger partial charge in [0.1, 0.15) is 0 Å². The average molecular weight is 466 g/mol. The zero-order chi connectivity index (χ0) is 11.7. The fourth-order valence-electron chi connectivity index (χ4n) is 1.09. The first-order chi connectivity index (χ1) is 6.91. The minimum absolute atomic E-state index is 0.367. The van der Waals surface area contributed by atoms with Crippen molar-refractivity contribution in [1.29, 1.82) is 0 Å². The molecule has 6 heteroatoms. The second kappa shape index (κ2) is 5.29. The van der Waals surface area contributed by atoms with E-state index in [2.05, 4.69) is 63.7 Å². The highest BCUT2D eigenvalue weighted by Crippen LogP contribution is 2.41. The van der Waals surface area contributed by atoms with Crippen LogP contribution in [-0.4, -0.2) is 13.1 Å².